The predicted molar refractivity (Wildman–Crippen MR) is 111 cm³/mol. The lowest BCUT2D eigenvalue weighted by atomic mass is 9.97. The van der Waals surface area contributed by atoms with Gasteiger partial charge in [0.1, 0.15) is 6.61 Å². The molecule has 1 aromatic rings. The molecular formula is C22H29NO3S. The van der Waals surface area contributed by atoms with Crippen molar-refractivity contribution in [3.8, 4) is 11.8 Å². The van der Waals surface area contributed by atoms with Crippen molar-refractivity contribution in [2.75, 3.05) is 26.3 Å². The fraction of sp³-hybridized carbons (Fsp3) is 0.409. The van der Waals surface area contributed by atoms with E-state index in [0.29, 0.717) is 6.61 Å². The topological polar surface area (TPSA) is 46.6 Å². The summed E-state index contributed by atoms with van der Waals surface area (Å²) in [5.74, 6) is 5.70. The first-order valence-corrected chi connectivity index (χ1v) is 10.2. The van der Waals surface area contributed by atoms with Crippen LogP contribution in [0.25, 0.3) is 0 Å². The number of benzene rings is 1. The zero-order valence-electron chi connectivity index (χ0n) is 16.7. The van der Waals surface area contributed by atoms with E-state index in [-0.39, 0.29) is 30.0 Å². The first kappa shape index (κ1) is 23.0. The first-order chi connectivity index (χ1) is 12.7. The van der Waals surface area contributed by atoms with Gasteiger partial charge in [0.15, 0.2) is 0 Å². The fourth-order valence-corrected chi connectivity index (χ4v) is 3.24. The first-order valence-electron chi connectivity index (χ1n) is 8.80. The largest absolute Gasteiger partial charge is 0.365 e. The van der Waals surface area contributed by atoms with Crippen molar-refractivity contribution in [1.82, 2.24) is 4.31 Å². The molecule has 5 heteroatoms. The Balaban J connectivity index is 2.99. The maximum atomic E-state index is 13.0. The van der Waals surface area contributed by atoms with E-state index in [1.165, 1.54) is 4.31 Å². The zero-order valence-corrected chi connectivity index (χ0v) is 17.5. The van der Waals surface area contributed by atoms with E-state index in [4.69, 9.17) is 4.74 Å². The molecule has 0 heterocycles. The highest BCUT2D eigenvalue weighted by molar-refractivity contribution is 7.89. The predicted octanol–water partition coefficient (Wildman–Crippen LogP) is 3.95. The molecule has 0 aliphatic heterocycles. The van der Waals surface area contributed by atoms with E-state index in [1.54, 1.807) is 36.4 Å². The third-order valence-corrected chi connectivity index (χ3v) is 5.20. The van der Waals surface area contributed by atoms with Crippen LogP contribution in [0, 0.1) is 24.2 Å². The van der Waals surface area contributed by atoms with Crippen molar-refractivity contribution in [1.29, 1.82) is 0 Å². The summed E-state index contributed by atoms with van der Waals surface area (Å²) in [6.07, 6.45) is 5.27. The highest BCUT2D eigenvalue weighted by Gasteiger charge is 2.22. The van der Waals surface area contributed by atoms with Crippen LogP contribution in [0.4, 0.5) is 0 Å². The summed E-state index contributed by atoms with van der Waals surface area (Å²) in [5, 5.41) is 0. The normalized spacial score (nSPS) is 11.3. The summed E-state index contributed by atoms with van der Waals surface area (Å²) in [6, 6.07) is 6.81. The van der Waals surface area contributed by atoms with Gasteiger partial charge in [-0.05, 0) is 36.6 Å². The van der Waals surface area contributed by atoms with Crippen molar-refractivity contribution in [3.63, 3.8) is 0 Å². The van der Waals surface area contributed by atoms with Crippen molar-refractivity contribution in [3.05, 3.63) is 60.4 Å². The molecule has 0 aliphatic carbocycles. The minimum absolute atomic E-state index is 0.0144. The molecule has 0 aliphatic rings. The van der Waals surface area contributed by atoms with E-state index in [9.17, 15) is 8.42 Å². The van der Waals surface area contributed by atoms with Gasteiger partial charge in [0.25, 0.3) is 0 Å². The molecule has 0 bridgehead atoms. The van der Waals surface area contributed by atoms with Gasteiger partial charge < -0.3 is 4.74 Å². The Hall–Kier alpha value is -2.09. The summed E-state index contributed by atoms with van der Waals surface area (Å²) in [5.41, 5.74) is 4.06. The Bertz CT molecular complexity index is 828. The van der Waals surface area contributed by atoms with Crippen LogP contribution in [0.1, 0.15) is 26.3 Å². The van der Waals surface area contributed by atoms with Crippen molar-refractivity contribution >= 4 is 10.0 Å². The smallest absolute Gasteiger partial charge is 0.244 e. The van der Waals surface area contributed by atoms with E-state index >= 15 is 0 Å². The van der Waals surface area contributed by atoms with Gasteiger partial charge in [0.05, 0.1) is 18.0 Å². The molecule has 0 amide bonds. The monoisotopic (exact) mass is 387 g/mol. The zero-order chi connectivity index (χ0) is 20.3. The highest BCUT2D eigenvalue weighted by Crippen LogP contribution is 2.16. The molecule has 0 saturated carbocycles. The summed E-state index contributed by atoms with van der Waals surface area (Å²) in [7, 11) is -3.64. The van der Waals surface area contributed by atoms with Crippen LogP contribution in [-0.4, -0.2) is 39.0 Å². The number of hydrogen-bond acceptors (Lipinski definition) is 3. The highest BCUT2D eigenvalue weighted by atomic mass is 32.2. The molecule has 4 nitrogen and oxygen atoms in total. The van der Waals surface area contributed by atoms with Crippen LogP contribution < -0.4 is 0 Å². The van der Waals surface area contributed by atoms with Crippen LogP contribution in [0.2, 0.25) is 0 Å². The average Bonchev–Trinajstić information content (AvgIpc) is 2.59. The second-order valence-electron chi connectivity index (χ2n) is 7.15. The molecule has 0 atom stereocenters. The summed E-state index contributed by atoms with van der Waals surface area (Å²) in [4.78, 5) is 0.256. The van der Waals surface area contributed by atoms with Crippen LogP contribution in [0.3, 0.4) is 0 Å². The SMILES string of the molecule is C=CCOCC#CCN(CC=C=CC(C)(C)C)S(=O)(=O)c1ccc(C)cc1. The molecule has 0 radical (unpaired) electrons. The number of hydrogen-bond donors (Lipinski definition) is 0. The van der Waals surface area contributed by atoms with Gasteiger partial charge in [-0.15, -0.1) is 12.3 Å². The third-order valence-electron chi connectivity index (χ3n) is 3.38. The van der Waals surface area contributed by atoms with Crippen LogP contribution >= 0.6 is 0 Å². The number of rotatable bonds is 8. The Morgan fingerprint density at radius 1 is 1.19 bits per heavy atom. The van der Waals surface area contributed by atoms with Gasteiger partial charge in [-0.3, -0.25) is 0 Å². The van der Waals surface area contributed by atoms with Gasteiger partial charge in [0.2, 0.25) is 10.0 Å². The molecular weight excluding hydrogens is 358 g/mol. The maximum Gasteiger partial charge on any atom is 0.244 e. The van der Waals surface area contributed by atoms with Crippen LogP contribution in [-0.2, 0) is 14.8 Å². The Labute approximate surface area is 164 Å². The number of sulfonamides is 1. The number of ether oxygens (including phenoxy) is 1. The molecule has 0 spiro atoms. The van der Waals surface area contributed by atoms with Gasteiger partial charge in [-0.25, -0.2) is 8.42 Å². The fourth-order valence-electron chi connectivity index (χ4n) is 1.96. The minimum atomic E-state index is -3.64. The van der Waals surface area contributed by atoms with Gasteiger partial charge in [0, 0.05) is 6.54 Å². The second kappa shape index (κ2) is 10.9. The Morgan fingerprint density at radius 3 is 2.44 bits per heavy atom. The molecule has 146 valence electrons. The molecule has 1 rings (SSSR count). The van der Waals surface area contributed by atoms with Gasteiger partial charge in [-0.1, -0.05) is 56.4 Å². The standard InChI is InChI=1S/C22H29NO3S/c1-6-18-26-19-10-9-17-23(16-8-7-15-22(3,4)5)27(24,25)21-13-11-20(2)12-14-21/h6,8,11-15H,1,16-19H2,2-5H3. The molecule has 1 aromatic carbocycles. The third kappa shape index (κ3) is 8.90. The molecule has 27 heavy (non-hydrogen) atoms. The van der Waals surface area contributed by atoms with Gasteiger partial charge in [-0.2, -0.15) is 4.31 Å². The van der Waals surface area contributed by atoms with Gasteiger partial charge >= 0.3 is 0 Å². The molecule has 0 N–H and O–H groups in total. The van der Waals surface area contributed by atoms with Crippen molar-refractivity contribution < 1.29 is 13.2 Å². The quantitative estimate of drug-likeness (QED) is 0.294. The lowest BCUT2D eigenvalue weighted by molar-refractivity contribution is 0.199. The summed E-state index contributed by atoms with van der Waals surface area (Å²) >= 11 is 0. The second-order valence-corrected chi connectivity index (χ2v) is 9.09. The summed E-state index contributed by atoms with van der Waals surface area (Å²) in [6.45, 7) is 12.6. The average molecular weight is 388 g/mol. The van der Waals surface area contributed by atoms with E-state index in [0.717, 1.165) is 5.56 Å². The molecule has 0 unspecified atom stereocenters. The Kier molecular flexibility index (Phi) is 9.28. The number of nitrogens with zero attached hydrogens (tertiary/aromatic N) is 1. The molecule has 0 fully saturated rings. The Morgan fingerprint density at radius 2 is 1.85 bits per heavy atom. The maximum absolute atomic E-state index is 13.0. The van der Waals surface area contributed by atoms with E-state index < -0.39 is 10.0 Å². The minimum Gasteiger partial charge on any atom is -0.365 e. The molecule has 0 saturated heterocycles. The van der Waals surface area contributed by atoms with E-state index in [2.05, 4.69) is 44.9 Å². The van der Waals surface area contributed by atoms with Crippen LogP contribution in [0.15, 0.2) is 59.7 Å². The summed E-state index contributed by atoms with van der Waals surface area (Å²) < 4.78 is 32.4. The number of aryl methyl sites for hydroxylation is 1. The van der Waals surface area contributed by atoms with Crippen molar-refractivity contribution in [2.45, 2.75) is 32.6 Å². The van der Waals surface area contributed by atoms with Crippen molar-refractivity contribution in [2.24, 2.45) is 5.41 Å². The lowest BCUT2D eigenvalue weighted by Crippen LogP contribution is -2.31. The lowest BCUT2D eigenvalue weighted by Gasteiger charge is -2.18. The van der Waals surface area contributed by atoms with E-state index in [1.807, 2.05) is 13.0 Å². The van der Waals surface area contributed by atoms with Crippen LogP contribution in [0.5, 0.6) is 0 Å². The molecule has 0 aromatic heterocycles.